The summed E-state index contributed by atoms with van der Waals surface area (Å²) in [6.07, 6.45) is 1.54. The molecular weight excluding hydrogens is 390 g/mol. The second-order valence-corrected chi connectivity index (χ2v) is 5.99. The Labute approximate surface area is 154 Å². The maximum absolute atomic E-state index is 12.2. The highest BCUT2D eigenvalue weighted by molar-refractivity contribution is 9.10. The number of nitrogens with one attached hydrogen (secondary N) is 2. The maximum atomic E-state index is 12.2. The van der Waals surface area contributed by atoms with E-state index in [-0.39, 0.29) is 0 Å². The lowest BCUT2D eigenvalue weighted by atomic mass is 10.2. The molecule has 5 nitrogen and oxygen atoms in total. The third-order valence-corrected chi connectivity index (χ3v) is 3.62. The van der Waals surface area contributed by atoms with Gasteiger partial charge in [0, 0.05) is 16.6 Å². The fourth-order valence-electron chi connectivity index (χ4n) is 1.81. The van der Waals surface area contributed by atoms with Crippen LogP contribution in [-0.4, -0.2) is 23.8 Å². The molecule has 2 N–H and O–H groups in total. The third kappa shape index (κ3) is 5.43. The van der Waals surface area contributed by atoms with Crippen molar-refractivity contribution in [3.8, 4) is 5.75 Å². The zero-order valence-corrected chi connectivity index (χ0v) is 15.4. The summed E-state index contributed by atoms with van der Waals surface area (Å²) in [4.78, 5) is 12.2. The standard InChI is InChI=1S/C17H16BrN3O2S/c1-2-19-17(24)21-20-11-13-10-14(18)8-9-15(13)23-16(22)12-6-4-3-5-7-12/h3-11H,2H2,1H3,(H2,19,21,24)/b20-11-. The van der Waals surface area contributed by atoms with Crippen LogP contribution in [0.15, 0.2) is 58.1 Å². The Morgan fingerprint density at radius 3 is 2.75 bits per heavy atom. The van der Waals surface area contributed by atoms with E-state index < -0.39 is 5.97 Å². The van der Waals surface area contributed by atoms with Crippen molar-refractivity contribution in [2.45, 2.75) is 6.92 Å². The number of carbonyl (C=O) groups excluding carboxylic acids is 1. The molecule has 2 aromatic carbocycles. The second kappa shape index (κ2) is 9.14. The van der Waals surface area contributed by atoms with Crippen molar-refractivity contribution in [3.63, 3.8) is 0 Å². The summed E-state index contributed by atoms with van der Waals surface area (Å²) in [6.45, 7) is 2.64. The van der Waals surface area contributed by atoms with Crippen molar-refractivity contribution >= 4 is 45.4 Å². The molecule has 124 valence electrons. The van der Waals surface area contributed by atoms with E-state index in [1.807, 2.05) is 13.0 Å². The molecule has 0 saturated carbocycles. The van der Waals surface area contributed by atoms with Crippen LogP contribution in [0.1, 0.15) is 22.8 Å². The molecule has 0 aliphatic carbocycles. The maximum Gasteiger partial charge on any atom is 0.343 e. The van der Waals surface area contributed by atoms with Gasteiger partial charge in [0.2, 0.25) is 0 Å². The third-order valence-electron chi connectivity index (χ3n) is 2.89. The van der Waals surface area contributed by atoms with Crippen molar-refractivity contribution in [1.29, 1.82) is 0 Å². The molecule has 0 heterocycles. The monoisotopic (exact) mass is 405 g/mol. The van der Waals surface area contributed by atoms with Crippen LogP contribution in [0.2, 0.25) is 0 Å². The number of halogens is 1. The van der Waals surface area contributed by atoms with Gasteiger partial charge in [-0.3, -0.25) is 5.43 Å². The van der Waals surface area contributed by atoms with Crippen LogP contribution in [0.25, 0.3) is 0 Å². The lowest BCUT2D eigenvalue weighted by Crippen LogP contribution is -2.31. The van der Waals surface area contributed by atoms with Gasteiger partial charge in [-0.15, -0.1) is 0 Å². The van der Waals surface area contributed by atoms with Gasteiger partial charge in [-0.05, 0) is 49.5 Å². The van der Waals surface area contributed by atoms with Crippen molar-refractivity contribution in [1.82, 2.24) is 10.7 Å². The van der Waals surface area contributed by atoms with E-state index in [9.17, 15) is 4.79 Å². The van der Waals surface area contributed by atoms with E-state index in [0.29, 0.717) is 28.5 Å². The van der Waals surface area contributed by atoms with Crippen LogP contribution in [0, 0.1) is 0 Å². The molecule has 0 aliphatic rings. The molecule has 0 saturated heterocycles. The molecule has 0 aliphatic heterocycles. The molecule has 0 aromatic heterocycles. The van der Waals surface area contributed by atoms with Gasteiger partial charge in [-0.2, -0.15) is 5.10 Å². The van der Waals surface area contributed by atoms with E-state index in [0.717, 1.165) is 4.47 Å². The van der Waals surface area contributed by atoms with Gasteiger partial charge in [0.05, 0.1) is 11.8 Å². The first-order valence-corrected chi connectivity index (χ1v) is 8.44. The minimum atomic E-state index is -0.427. The summed E-state index contributed by atoms with van der Waals surface area (Å²) in [5.41, 5.74) is 3.82. The molecule has 0 atom stereocenters. The van der Waals surface area contributed by atoms with Crippen molar-refractivity contribution in [3.05, 3.63) is 64.1 Å². The topological polar surface area (TPSA) is 62.7 Å². The first-order chi connectivity index (χ1) is 11.6. The van der Waals surface area contributed by atoms with E-state index in [1.54, 1.807) is 48.7 Å². The molecule has 0 spiro atoms. The molecule has 7 heteroatoms. The molecule has 2 aromatic rings. The summed E-state index contributed by atoms with van der Waals surface area (Å²) in [5.74, 6) is -0.0179. The van der Waals surface area contributed by atoms with Crippen LogP contribution in [0.4, 0.5) is 0 Å². The fraction of sp³-hybridized carbons (Fsp3) is 0.118. The van der Waals surface area contributed by atoms with Gasteiger partial charge < -0.3 is 10.1 Å². The summed E-state index contributed by atoms with van der Waals surface area (Å²) < 4.78 is 6.31. The predicted octanol–water partition coefficient (Wildman–Crippen LogP) is 3.49. The lowest BCUT2D eigenvalue weighted by molar-refractivity contribution is 0.0734. The van der Waals surface area contributed by atoms with Gasteiger partial charge in [0.15, 0.2) is 5.11 Å². The van der Waals surface area contributed by atoms with Gasteiger partial charge in [-0.1, -0.05) is 34.1 Å². The van der Waals surface area contributed by atoms with Crippen LogP contribution in [0.5, 0.6) is 5.75 Å². The fourth-order valence-corrected chi connectivity index (χ4v) is 2.38. The van der Waals surface area contributed by atoms with Crippen molar-refractivity contribution < 1.29 is 9.53 Å². The van der Waals surface area contributed by atoms with Gasteiger partial charge in [-0.25, -0.2) is 4.79 Å². The zero-order valence-electron chi connectivity index (χ0n) is 13.0. The van der Waals surface area contributed by atoms with Crippen molar-refractivity contribution in [2.75, 3.05) is 6.54 Å². The molecule has 2 rings (SSSR count). The number of nitrogens with zero attached hydrogens (tertiary/aromatic N) is 1. The number of carbonyl (C=O) groups is 1. The molecule has 0 radical (unpaired) electrons. The molecule has 24 heavy (non-hydrogen) atoms. The molecule has 0 fully saturated rings. The Morgan fingerprint density at radius 1 is 1.29 bits per heavy atom. The molecule has 0 bridgehead atoms. The summed E-state index contributed by atoms with van der Waals surface area (Å²) in [5, 5.41) is 7.40. The number of benzene rings is 2. The number of rotatable bonds is 5. The van der Waals surface area contributed by atoms with Crippen LogP contribution < -0.4 is 15.5 Å². The summed E-state index contributed by atoms with van der Waals surface area (Å²) in [6, 6.07) is 14.1. The lowest BCUT2D eigenvalue weighted by Gasteiger charge is -2.08. The number of hydrogen-bond acceptors (Lipinski definition) is 4. The Morgan fingerprint density at radius 2 is 2.04 bits per heavy atom. The average Bonchev–Trinajstić information content (AvgIpc) is 2.58. The highest BCUT2D eigenvalue weighted by Gasteiger charge is 2.11. The first kappa shape index (κ1) is 18.1. The number of esters is 1. The van der Waals surface area contributed by atoms with Crippen molar-refractivity contribution in [2.24, 2.45) is 5.10 Å². The van der Waals surface area contributed by atoms with Gasteiger partial charge in [0.25, 0.3) is 0 Å². The van der Waals surface area contributed by atoms with Gasteiger partial charge in [0.1, 0.15) is 5.75 Å². The Bertz CT molecular complexity index is 751. The quantitative estimate of drug-likeness (QED) is 0.262. The first-order valence-electron chi connectivity index (χ1n) is 7.24. The predicted molar refractivity (Wildman–Crippen MR) is 103 cm³/mol. The molecule has 0 amide bonds. The molecule has 0 unspecified atom stereocenters. The minimum absolute atomic E-state index is 0.409. The van der Waals surface area contributed by atoms with Crippen LogP contribution in [-0.2, 0) is 0 Å². The van der Waals surface area contributed by atoms with E-state index in [4.69, 9.17) is 17.0 Å². The van der Waals surface area contributed by atoms with E-state index in [1.165, 1.54) is 0 Å². The Hall–Kier alpha value is -2.25. The highest BCUT2D eigenvalue weighted by atomic mass is 79.9. The Balaban J connectivity index is 2.14. The van der Waals surface area contributed by atoms with Crippen LogP contribution >= 0.6 is 28.1 Å². The number of thiocarbonyl (C=S) groups is 1. The van der Waals surface area contributed by atoms with E-state index in [2.05, 4.69) is 31.8 Å². The highest BCUT2D eigenvalue weighted by Crippen LogP contribution is 2.22. The van der Waals surface area contributed by atoms with Crippen LogP contribution in [0.3, 0.4) is 0 Å². The smallest absolute Gasteiger partial charge is 0.343 e. The van der Waals surface area contributed by atoms with Gasteiger partial charge >= 0.3 is 5.97 Å². The summed E-state index contributed by atoms with van der Waals surface area (Å²) in [7, 11) is 0. The van der Waals surface area contributed by atoms with E-state index >= 15 is 0 Å². The average molecular weight is 406 g/mol. The number of ether oxygens (including phenoxy) is 1. The number of hydrogen-bond donors (Lipinski definition) is 2. The second-order valence-electron chi connectivity index (χ2n) is 4.67. The Kier molecular flexibility index (Phi) is 6.89. The number of hydrazone groups is 1. The minimum Gasteiger partial charge on any atom is -0.422 e. The summed E-state index contributed by atoms with van der Waals surface area (Å²) >= 11 is 8.42. The zero-order chi connectivity index (χ0) is 17.4. The molecular formula is C17H16BrN3O2S. The normalized spacial score (nSPS) is 10.4. The SMILES string of the molecule is CCNC(=S)N/N=C\c1cc(Br)ccc1OC(=O)c1ccccc1. The largest absolute Gasteiger partial charge is 0.422 e.